The van der Waals surface area contributed by atoms with Gasteiger partial charge in [0.05, 0.1) is 18.5 Å². The predicted octanol–water partition coefficient (Wildman–Crippen LogP) is 1.16. The first-order chi connectivity index (χ1) is 9.02. The van der Waals surface area contributed by atoms with E-state index in [0.29, 0.717) is 22.8 Å². The first kappa shape index (κ1) is 12.9. The maximum Gasteiger partial charge on any atom is 0.273 e. The lowest BCUT2D eigenvalue weighted by atomic mass is 10.2. The van der Waals surface area contributed by atoms with Crippen LogP contribution in [0, 0.1) is 0 Å². The highest BCUT2D eigenvalue weighted by molar-refractivity contribution is 5.91. The van der Waals surface area contributed by atoms with Crippen LogP contribution in [-0.4, -0.2) is 41.8 Å². The predicted molar refractivity (Wildman–Crippen MR) is 72.5 cm³/mol. The van der Waals surface area contributed by atoms with Crippen LogP contribution in [0.1, 0.15) is 10.5 Å². The molecule has 6 heteroatoms. The maximum atomic E-state index is 11.8. The fourth-order valence-electron chi connectivity index (χ4n) is 1.67. The standard InChI is InChI=1S/C13H16N4O2/c1-16(2)13(18)11-6-7-17(15-11)12-5-4-9(19-3)8-10(12)14/h4-8H,14H2,1-3H3. The molecule has 0 saturated carbocycles. The molecule has 1 heterocycles. The van der Waals surface area contributed by atoms with Crippen molar-refractivity contribution < 1.29 is 9.53 Å². The summed E-state index contributed by atoms with van der Waals surface area (Å²) >= 11 is 0. The van der Waals surface area contributed by atoms with E-state index in [0.717, 1.165) is 0 Å². The molecule has 1 aromatic heterocycles. The Balaban J connectivity index is 2.35. The molecule has 0 atom stereocenters. The van der Waals surface area contributed by atoms with Crippen LogP contribution in [0.5, 0.6) is 5.75 Å². The molecular formula is C13H16N4O2. The summed E-state index contributed by atoms with van der Waals surface area (Å²) in [4.78, 5) is 13.2. The summed E-state index contributed by atoms with van der Waals surface area (Å²) in [6.07, 6.45) is 1.70. The van der Waals surface area contributed by atoms with E-state index < -0.39 is 0 Å². The van der Waals surface area contributed by atoms with Crippen LogP contribution in [0.3, 0.4) is 0 Å². The lowest BCUT2D eigenvalue weighted by Gasteiger charge is -2.09. The number of hydrogen-bond acceptors (Lipinski definition) is 4. The second-order valence-corrected chi connectivity index (χ2v) is 4.27. The van der Waals surface area contributed by atoms with Gasteiger partial charge in [-0.3, -0.25) is 4.79 Å². The van der Waals surface area contributed by atoms with Crippen molar-refractivity contribution in [3.8, 4) is 11.4 Å². The van der Waals surface area contributed by atoms with E-state index in [-0.39, 0.29) is 5.91 Å². The average molecular weight is 260 g/mol. The van der Waals surface area contributed by atoms with Gasteiger partial charge in [0.2, 0.25) is 0 Å². The number of carbonyl (C=O) groups is 1. The van der Waals surface area contributed by atoms with E-state index in [1.54, 1.807) is 56.3 Å². The van der Waals surface area contributed by atoms with Gasteiger partial charge in [-0.2, -0.15) is 5.10 Å². The number of hydrogen-bond donors (Lipinski definition) is 1. The Bertz CT molecular complexity index is 604. The van der Waals surface area contributed by atoms with Gasteiger partial charge in [0.25, 0.3) is 5.91 Å². The van der Waals surface area contributed by atoms with Crippen molar-refractivity contribution in [2.45, 2.75) is 0 Å². The lowest BCUT2D eigenvalue weighted by Crippen LogP contribution is -2.22. The van der Waals surface area contributed by atoms with Crippen molar-refractivity contribution in [3.05, 3.63) is 36.2 Å². The number of nitrogens with zero attached hydrogens (tertiary/aromatic N) is 3. The van der Waals surface area contributed by atoms with Crippen LogP contribution in [-0.2, 0) is 0 Å². The summed E-state index contributed by atoms with van der Waals surface area (Å²) < 4.78 is 6.67. The second kappa shape index (κ2) is 5.01. The molecule has 2 aromatic rings. The number of rotatable bonds is 3. The number of anilines is 1. The minimum atomic E-state index is -0.147. The molecule has 1 amide bonds. The largest absolute Gasteiger partial charge is 0.497 e. The highest BCUT2D eigenvalue weighted by Gasteiger charge is 2.13. The molecule has 6 nitrogen and oxygen atoms in total. The Morgan fingerprint density at radius 3 is 2.68 bits per heavy atom. The third-order valence-corrected chi connectivity index (χ3v) is 2.70. The zero-order chi connectivity index (χ0) is 14.0. The molecule has 0 unspecified atom stereocenters. The number of nitrogen functional groups attached to an aromatic ring is 1. The molecule has 0 radical (unpaired) electrons. The van der Waals surface area contributed by atoms with Crippen molar-refractivity contribution in [3.63, 3.8) is 0 Å². The first-order valence-electron chi connectivity index (χ1n) is 5.74. The average Bonchev–Trinajstić information content (AvgIpc) is 2.86. The van der Waals surface area contributed by atoms with Crippen molar-refractivity contribution >= 4 is 11.6 Å². The lowest BCUT2D eigenvalue weighted by molar-refractivity contribution is 0.0821. The van der Waals surface area contributed by atoms with E-state index >= 15 is 0 Å². The zero-order valence-corrected chi connectivity index (χ0v) is 11.1. The van der Waals surface area contributed by atoms with Crippen LogP contribution < -0.4 is 10.5 Å². The second-order valence-electron chi connectivity index (χ2n) is 4.27. The van der Waals surface area contributed by atoms with E-state index in [1.165, 1.54) is 4.90 Å². The Hall–Kier alpha value is -2.50. The highest BCUT2D eigenvalue weighted by atomic mass is 16.5. The van der Waals surface area contributed by atoms with Crippen molar-refractivity contribution in [2.75, 3.05) is 26.9 Å². The number of amides is 1. The van der Waals surface area contributed by atoms with Crippen LogP contribution in [0.15, 0.2) is 30.5 Å². The third kappa shape index (κ3) is 2.52. The normalized spacial score (nSPS) is 10.3. The maximum absolute atomic E-state index is 11.8. The number of methoxy groups -OCH3 is 1. The fraction of sp³-hybridized carbons (Fsp3) is 0.231. The van der Waals surface area contributed by atoms with Gasteiger partial charge in [0, 0.05) is 26.4 Å². The minimum absolute atomic E-state index is 0.147. The molecule has 0 saturated heterocycles. The Labute approximate surface area is 111 Å². The quantitative estimate of drug-likeness (QED) is 0.841. The number of aromatic nitrogens is 2. The summed E-state index contributed by atoms with van der Waals surface area (Å²) in [6, 6.07) is 6.96. The van der Waals surface area contributed by atoms with Crippen molar-refractivity contribution in [1.82, 2.24) is 14.7 Å². The van der Waals surface area contributed by atoms with Crippen LogP contribution in [0.4, 0.5) is 5.69 Å². The summed E-state index contributed by atoms with van der Waals surface area (Å²) in [7, 11) is 4.95. The Kier molecular flexibility index (Phi) is 3.41. The molecule has 0 spiro atoms. The summed E-state index contributed by atoms with van der Waals surface area (Å²) in [5, 5.41) is 4.22. The van der Waals surface area contributed by atoms with Gasteiger partial charge in [-0.1, -0.05) is 0 Å². The van der Waals surface area contributed by atoms with Gasteiger partial charge in [0.15, 0.2) is 5.69 Å². The molecule has 0 bridgehead atoms. The fourth-order valence-corrected chi connectivity index (χ4v) is 1.67. The van der Waals surface area contributed by atoms with Crippen molar-refractivity contribution in [2.24, 2.45) is 0 Å². The Morgan fingerprint density at radius 1 is 1.37 bits per heavy atom. The van der Waals surface area contributed by atoms with E-state index in [9.17, 15) is 4.79 Å². The number of benzene rings is 1. The topological polar surface area (TPSA) is 73.4 Å². The Morgan fingerprint density at radius 2 is 2.11 bits per heavy atom. The van der Waals surface area contributed by atoms with Gasteiger partial charge in [-0.25, -0.2) is 4.68 Å². The first-order valence-corrected chi connectivity index (χ1v) is 5.74. The molecule has 0 aliphatic rings. The molecule has 100 valence electrons. The number of carbonyl (C=O) groups excluding carboxylic acids is 1. The van der Waals surface area contributed by atoms with Gasteiger partial charge in [-0.15, -0.1) is 0 Å². The molecule has 1 aromatic carbocycles. The van der Waals surface area contributed by atoms with E-state index in [2.05, 4.69) is 5.10 Å². The molecule has 0 aliphatic carbocycles. The molecule has 0 aliphatic heterocycles. The summed E-state index contributed by atoms with van der Waals surface area (Å²) in [5.41, 5.74) is 7.55. The summed E-state index contributed by atoms with van der Waals surface area (Å²) in [6.45, 7) is 0. The van der Waals surface area contributed by atoms with Gasteiger partial charge in [0.1, 0.15) is 5.75 Å². The zero-order valence-electron chi connectivity index (χ0n) is 11.1. The van der Waals surface area contributed by atoms with Crippen LogP contribution in [0.2, 0.25) is 0 Å². The number of nitrogens with two attached hydrogens (primary N) is 1. The van der Waals surface area contributed by atoms with Crippen LogP contribution in [0.25, 0.3) is 5.69 Å². The molecule has 2 N–H and O–H groups in total. The molecule has 19 heavy (non-hydrogen) atoms. The van der Waals surface area contributed by atoms with Crippen LogP contribution >= 0.6 is 0 Å². The molecular weight excluding hydrogens is 244 g/mol. The third-order valence-electron chi connectivity index (χ3n) is 2.70. The molecule has 0 fully saturated rings. The molecule has 2 rings (SSSR count). The van der Waals surface area contributed by atoms with E-state index in [4.69, 9.17) is 10.5 Å². The highest BCUT2D eigenvalue weighted by Crippen LogP contribution is 2.22. The minimum Gasteiger partial charge on any atom is -0.497 e. The smallest absolute Gasteiger partial charge is 0.273 e. The van der Waals surface area contributed by atoms with Crippen molar-refractivity contribution in [1.29, 1.82) is 0 Å². The van der Waals surface area contributed by atoms with Gasteiger partial charge < -0.3 is 15.4 Å². The monoisotopic (exact) mass is 260 g/mol. The summed E-state index contributed by atoms with van der Waals surface area (Å²) in [5.74, 6) is 0.531. The van der Waals surface area contributed by atoms with Gasteiger partial charge >= 0.3 is 0 Å². The van der Waals surface area contributed by atoms with E-state index in [1.807, 2.05) is 0 Å². The van der Waals surface area contributed by atoms with Gasteiger partial charge in [-0.05, 0) is 18.2 Å². The SMILES string of the molecule is COc1ccc(-n2ccc(C(=O)N(C)C)n2)c(N)c1. The number of ether oxygens (including phenoxy) is 1.